The van der Waals surface area contributed by atoms with Crippen LogP contribution >= 0.6 is 0 Å². The molecule has 3 heteroatoms. The van der Waals surface area contributed by atoms with Crippen molar-refractivity contribution in [3.8, 4) is 0 Å². The summed E-state index contributed by atoms with van der Waals surface area (Å²) < 4.78 is 5.50. The van der Waals surface area contributed by atoms with Crippen LogP contribution in [-0.2, 0) is 6.54 Å². The first-order valence-electron chi connectivity index (χ1n) is 6.91. The van der Waals surface area contributed by atoms with E-state index in [1.807, 2.05) is 6.92 Å². The van der Waals surface area contributed by atoms with Crippen LogP contribution in [0.3, 0.4) is 0 Å². The fourth-order valence-corrected chi connectivity index (χ4v) is 3.71. The Morgan fingerprint density at radius 3 is 2.39 bits per heavy atom. The quantitative estimate of drug-likeness (QED) is 0.889. The summed E-state index contributed by atoms with van der Waals surface area (Å²) in [6, 6.07) is 0.566. The molecule has 0 spiro atoms. The molecule has 1 aliphatic carbocycles. The van der Waals surface area contributed by atoms with Crippen LogP contribution in [0.5, 0.6) is 0 Å². The maximum atomic E-state index is 5.50. The summed E-state index contributed by atoms with van der Waals surface area (Å²) in [5.41, 5.74) is 0.845. The van der Waals surface area contributed by atoms with Crippen molar-refractivity contribution in [3.63, 3.8) is 0 Å². The summed E-state index contributed by atoms with van der Waals surface area (Å²) in [6.07, 6.45) is 5.55. The van der Waals surface area contributed by atoms with Gasteiger partial charge in [0.05, 0.1) is 12.7 Å². The van der Waals surface area contributed by atoms with E-state index >= 15 is 0 Å². The molecule has 0 atom stereocenters. The van der Waals surface area contributed by atoms with E-state index in [9.17, 15) is 0 Å². The highest BCUT2D eigenvalue weighted by atomic mass is 16.4. The second kappa shape index (κ2) is 4.69. The second-order valence-corrected chi connectivity index (χ2v) is 7.36. The maximum absolute atomic E-state index is 5.50. The van der Waals surface area contributed by atoms with Gasteiger partial charge < -0.3 is 9.73 Å². The summed E-state index contributed by atoms with van der Waals surface area (Å²) in [5.74, 6) is 1.68. The molecule has 18 heavy (non-hydrogen) atoms. The average molecular weight is 250 g/mol. The Labute approximate surface area is 110 Å². The van der Waals surface area contributed by atoms with Gasteiger partial charge in [-0.15, -0.1) is 0 Å². The number of hydrogen-bond donors (Lipinski definition) is 1. The first-order chi connectivity index (χ1) is 8.26. The minimum atomic E-state index is 0.423. The van der Waals surface area contributed by atoms with Crippen LogP contribution in [0.15, 0.2) is 10.6 Å². The molecule has 1 heterocycles. The molecule has 1 aliphatic rings. The molecule has 0 aromatic carbocycles. The lowest BCUT2D eigenvalue weighted by molar-refractivity contribution is 0.0834. The van der Waals surface area contributed by atoms with Crippen molar-refractivity contribution in [2.75, 3.05) is 0 Å². The molecule has 1 N–H and O–H groups in total. The smallest absolute Gasteiger partial charge is 0.208 e. The van der Waals surface area contributed by atoms with Gasteiger partial charge in [0.1, 0.15) is 5.76 Å². The highest BCUT2D eigenvalue weighted by molar-refractivity contribution is 4.94. The van der Waals surface area contributed by atoms with E-state index in [1.165, 1.54) is 19.3 Å². The molecule has 2 rings (SSSR count). The molecule has 1 aromatic heterocycles. The fourth-order valence-electron chi connectivity index (χ4n) is 3.71. The van der Waals surface area contributed by atoms with Gasteiger partial charge >= 0.3 is 0 Å². The van der Waals surface area contributed by atoms with Crippen LogP contribution in [0.2, 0.25) is 0 Å². The SMILES string of the molecule is Cc1cnc(CNC2CC(C)(C)CC(C)(C)C2)o1. The fraction of sp³-hybridized carbons (Fsp3) is 0.800. The van der Waals surface area contributed by atoms with Crippen LogP contribution in [0, 0.1) is 17.8 Å². The number of nitrogens with zero attached hydrogens (tertiary/aromatic N) is 1. The molecule has 0 unspecified atom stereocenters. The zero-order valence-corrected chi connectivity index (χ0v) is 12.3. The van der Waals surface area contributed by atoms with E-state index in [2.05, 4.69) is 38.0 Å². The topological polar surface area (TPSA) is 38.1 Å². The van der Waals surface area contributed by atoms with Gasteiger partial charge in [0.2, 0.25) is 5.89 Å². The molecule has 1 fully saturated rings. The lowest BCUT2D eigenvalue weighted by Crippen LogP contribution is -2.43. The predicted octanol–water partition coefficient (Wildman–Crippen LogP) is 3.68. The Bertz CT molecular complexity index is 390. The maximum Gasteiger partial charge on any atom is 0.208 e. The normalized spacial score (nSPS) is 23.2. The molecule has 1 aromatic rings. The van der Waals surface area contributed by atoms with Crippen LogP contribution in [0.1, 0.15) is 58.6 Å². The minimum absolute atomic E-state index is 0.423. The van der Waals surface area contributed by atoms with Gasteiger partial charge in [-0.05, 0) is 37.0 Å². The summed E-state index contributed by atoms with van der Waals surface area (Å²) in [6.45, 7) is 12.2. The number of hydrogen-bond acceptors (Lipinski definition) is 3. The summed E-state index contributed by atoms with van der Waals surface area (Å²) in [7, 11) is 0. The van der Waals surface area contributed by atoms with Crippen LogP contribution < -0.4 is 5.32 Å². The molecule has 3 nitrogen and oxygen atoms in total. The third-order valence-corrected chi connectivity index (χ3v) is 3.77. The Morgan fingerprint density at radius 1 is 1.28 bits per heavy atom. The van der Waals surface area contributed by atoms with E-state index in [-0.39, 0.29) is 0 Å². The Balaban J connectivity index is 1.93. The molecule has 1 saturated carbocycles. The van der Waals surface area contributed by atoms with Gasteiger partial charge in [-0.3, -0.25) is 0 Å². The Kier molecular flexibility index (Phi) is 3.54. The Hall–Kier alpha value is -0.830. The minimum Gasteiger partial charge on any atom is -0.445 e. The van der Waals surface area contributed by atoms with Gasteiger partial charge in [0, 0.05) is 6.04 Å². The van der Waals surface area contributed by atoms with E-state index < -0.39 is 0 Å². The first-order valence-corrected chi connectivity index (χ1v) is 6.91. The zero-order chi connectivity index (χ0) is 13.4. The third-order valence-electron chi connectivity index (χ3n) is 3.77. The molecule has 0 aliphatic heterocycles. The van der Waals surface area contributed by atoms with Gasteiger partial charge in [-0.1, -0.05) is 27.7 Å². The van der Waals surface area contributed by atoms with Crippen LogP contribution in [-0.4, -0.2) is 11.0 Å². The van der Waals surface area contributed by atoms with Crippen molar-refractivity contribution in [2.45, 2.75) is 66.5 Å². The monoisotopic (exact) mass is 250 g/mol. The molecule has 0 radical (unpaired) electrons. The summed E-state index contributed by atoms with van der Waals surface area (Å²) in [5, 5.41) is 3.61. The van der Waals surface area contributed by atoms with Gasteiger partial charge in [-0.2, -0.15) is 0 Å². The molecule has 102 valence electrons. The largest absolute Gasteiger partial charge is 0.445 e. The van der Waals surface area contributed by atoms with Crippen molar-refractivity contribution in [1.29, 1.82) is 0 Å². The van der Waals surface area contributed by atoms with Gasteiger partial charge in [0.15, 0.2) is 0 Å². The van der Waals surface area contributed by atoms with Gasteiger partial charge in [-0.25, -0.2) is 4.98 Å². The van der Waals surface area contributed by atoms with Crippen LogP contribution in [0.4, 0.5) is 0 Å². The van der Waals surface area contributed by atoms with Crippen molar-refractivity contribution in [3.05, 3.63) is 17.8 Å². The molecular weight excluding hydrogens is 224 g/mol. The predicted molar refractivity (Wildman–Crippen MR) is 73.3 cm³/mol. The van der Waals surface area contributed by atoms with Crippen molar-refractivity contribution in [1.82, 2.24) is 10.3 Å². The number of nitrogens with one attached hydrogen (secondary N) is 1. The number of rotatable bonds is 3. The highest BCUT2D eigenvalue weighted by Crippen LogP contribution is 2.45. The lowest BCUT2D eigenvalue weighted by atomic mass is 9.63. The zero-order valence-electron chi connectivity index (χ0n) is 12.3. The van der Waals surface area contributed by atoms with E-state index in [4.69, 9.17) is 4.42 Å². The van der Waals surface area contributed by atoms with E-state index in [0.717, 1.165) is 18.2 Å². The Morgan fingerprint density at radius 2 is 1.89 bits per heavy atom. The average Bonchev–Trinajstić information content (AvgIpc) is 2.56. The highest BCUT2D eigenvalue weighted by Gasteiger charge is 2.38. The van der Waals surface area contributed by atoms with E-state index in [0.29, 0.717) is 16.9 Å². The lowest BCUT2D eigenvalue weighted by Gasteiger charge is -2.45. The summed E-state index contributed by atoms with van der Waals surface area (Å²) in [4.78, 5) is 4.24. The van der Waals surface area contributed by atoms with Crippen molar-refractivity contribution >= 4 is 0 Å². The van der Waals surface area contributed by atoms with Crippen molar-refractivity contribution < 1.29 is 4.42 Å². The van der Waals surface area contributed by atoms with Gasteiger partial charge in [0.25, 0.3) is 0 Å². The number of oxazole rings is 1. The molecule has 0 amide bonds. The standard InChI is InChI=1S/C15H26N2O/c1-11-8-17-13(18-11)9-16-12-6-14(2,3)10-15(4,5)7-12/h8,12,16H,6-7,9-10H2,1-5H3. The third kappa shape index (κ3) is 3.58. The van der Waals surface area contributed by atoms with Crippen LogP contribution in [0.25, 0.3) is 0 Å². The molecule has 0 bridgehead atoms. The summed E-state index contributed by atoms with van der Waals surface area (Å²) >= 11 is 0. The van der Waals surface area contributed by atoms with Crippen molar-refractivity contribution in [2.24, 2.45) is 10.8 Å². The number of aryl methyl sites for hydroxylation is 1. The first kappa shape index (κ1) is 13.6. The number of aromatic nitrogens is 1. The second-order valence-electron chi connectivity index (χ2n) is 7.36. The molecular formula is C15H26N2O. The molecule has 0 saturated heterocycles. The van der Waals surface area contributed by atoms with E-state index in [1.54, 1.807) is 6.20 Å².